The number of anilines is 1. The highest BCUT2D eigenvalue weighted by Gasteiger charge is 2.15. The molecule has 0 aliphatic carbocycles. The molecule has 1 aromatic heterocycles. The van der Waals surface area contributed by atoms with Gasteiger partial charge in [-0.2, -0.15) is 0 Å². The summed E-state index contributed by atoms with van der Waals surface area (Å²) in [7, 11) is -3.62. The second kappa shape index (κ2) is 7.94. The van der Waals surface area contributed by atoms with Crippen molar-refractivity contribution in [1.82, 2.24) is 9.71 Å². The molecular formula is C20H23N3O3S. The number of rotatable bonds is 7. The molecule has 0 saturated carbocycles. The van der Waals surface area contributed by atoms with Gasteiger partial charge in [-0.1, -0.05) is 12.1 Å². The average molecular weight is 385 g/mol. The minimum Gasteiger partial charge on any atom is -0.370 e. The van der Waals surface area contributed by atoms with Gasteiger partial charge in [0.15, 0.2) is 0 Å². The van der Waals surface area contributed by atoms with E-state index in [1.807, 2.05) is 32.0 Å². The predicted octanol–water partition coefficient (Wildman–Crippen LogP) is 2.64. The van der Waals surface area contributed by atoms with Crippen LogP contribution in [0.3, 0.4) is 0 Å². The fourth-order valence-electron chi connectivity index (χ4n) is 2.99. The minimum atomic E-state index is -3.62. The fraction of sp³-hybridized carbons (Fsp3) is 0.250. The summed E-state index contributed by atoms with van der Waals surface area (Å²) in [4.78, 5) is 16.3. The van der Waals surface area contributed by atoms with Crippen molar-refractivity contribution >= 4 is 26.6 Å². The Balaban J connectivity index is 1.71. The van der Waals surface area contributed by atoms with Crippen LogP contribution in [-0.2, 0) is 10.0 Å². The van der Waals surface area contributed by atoms with E-state index in [1.165, 1.54) is 17.7 Å². The van der Waals surface area contributed by atoms with Crippen LogP contribution < -0.4 is 15.2 Å². The summed E-state index contributed by atoms with van der Waals surface area (Å²) in [6, 6.07) is 15.8. The Hall–Kier alpha value is -2.64. The van der Waals surface area contributed by atoms with E-state index in [-0.39, 0.29) is 10.5 Å². The molecule has 0 amide bonds. The normalized spacial score (nSPS) is 11.6. The first-order valence-corrected chi connectivity index (χ1v) is 10.3. The summed E-state index contributed by atoms with van der Waals surface area (Å²) in [5.74, 6) is 0. The quantitative estimate of drug-likeness (QED) is 0.655. The van der Waals surface area contributed by atoms with Crippen LogP contribution in [0.15, 0.2) is 64.3 Å². The lowest BCUT2D eigenvalue weighted by atomic mass is 10.2. The largest absolute Gasteiger partial charge is 0.370 e. The third-order valence-electron chi connectivity index (χ3n) is 4.43. The highest BCUT2D eigenvalue weighted by molar-refractivity contribution is 7.89. The van der Waals surface area contributed by atoms with Gasteiger partial charge in [-0.25, -0.2) is 13.1 Å². The van der Waals surface area contributed by atoms with E-state index in [2.05, 4.69) is 20.7 Å². The van der Waals surface area contributed by atoms with Crippen molar-refractivity contribution in [2.45, 2.75) is 18.7 Å². The Morgan fingerprint density at radius 2 is 1.89 bits per heavy atom. The van der Waals surface area contributed by atoms with Crippen LogP contribution in [0.1, 0.15) is 12.5 Å². The zero-order valence-electron chi connectivity index (χ0n) is 15.4. The Morgan fingerprint density at radius 1 is 1.07 bits per heavy atom. The molecule has 27 heavy (non-hydrogen) atoms. The molecule has 2 N–H and O–H groups in total. The molecule has 0 radical (unpaired) electrons. The lowest BCUT2D eigenvalue weighted by Gasteiger charge is -2.23. The van der Waals surface area contributed by atoms with Crippen LogP contribution in [0.2, 0.25) is 0 Å². The molecule has 0 spiro atoms. The van der Waals surface area contributed by atoms with Crippen molar-refractivity contribution < 1.29 is 8.42 Å². The summed E-state index contributed by atoms with van der Waals surface area (Å²) in [6.07, 6.45) is 0. The molecule has 0 unspecified atom stereocenters. The SMILES string of the molecule is CCN(CCNS(=O)(=O)c1ccc2[nH]c(=O)ccc2c1)c1cccc(C)c1. The number of nitrogens with one attached hydrogen (secondary N) is 2. The number of aromatic nitrogens is 1. The zero-order valence-corrected chi connectivity index (χ0v) is 16.2. The lowest BCUT2D eigenvalue weighted by molar-refractivity contribution is 0.581. The Labute approximate surface area is 158 Å². The molecule has 6 nitrogen and oxygen atoms in total. The van der Waals surface area contributed by atoms with E-state index in [0.29, 0.717) is 24.0 Å². The van der Waals surface area contributed by atoms with E-state index in [9.17, 15) is 13.2 Å². The summed E-state index contributed by atoms with van der Waals surface area (Å²) < 4.78 is 27.9. The van der Waals surface area contributed by atoms with Crippen molar-refractivity contribution in [2.24, 2.45) is 0 Å². The number of likely N-dealkylation sites (N-methyl/N-ethyl adjacent to an activating group) is 1. The second-order valence-electron chi connectivity index (χ2n) is 6.39. The number of hydrogen-bond acceptors (Lipinski definition) is 4. The lowest BCUT2D eigenvalue weighted by Crippen LogP contribution is -2.35. The molecule has 3 aromatic rings. The van der Waals surface area contributed by atoms with Gasteiger partial charge in [0.2, 0.25) is 15.6 Å². The van der Waals surface area contributed by atoms with Gasteiger partial charge < -0.3 is 9.88 Å². The number of aromatic amines is 1. The molecule has 2 aromatic carbocycles. The minimum absolute atomic E-state index is 0.181. The molecule has 0 saturated heterocycles. The van der Waals surface area contributed by atoms with E-state index < -0.39 is 10.0 Å². The Bertz CT molecular complexity index is 1110. The number of aryl methyl sites for hydroxylation is 1. The Morgan fingerprint density at radius 3 is 2.63 bits per heavy atom. The summed E-state index contributed by atoms with van der Waals surface area (Å²) in [5.41, 5.74) is 2.64. The van der Waals surface area contributed by atoms with Gasteiger partial charge in [0.25, 0.3) is 0 Å². The molecular weight excluding hydrogens is 362 g/mol. The fourth-order valence-corrected chi connectivity index (χ4v) is 4.05. The van der Waals surface area contributed by atoms with Crippen LogP contribution in [0.4, 0.5) is 5.69 Å². The second-order valence-corrected chi connectivity index (χ2v) is 8.16. The molecule has 3 rings (SSSR count). The third kappa shape index (κ3) is 4.56. The average Bonchev–Trinajstić information content (AvgIpc) is 2.64. The summed E-state index contributed by atoms with van der Waals surface area (Å²) in [6.45, 7) is 5.73. The first-order chi connectivity index (χ1) is 12.9. The number of benzene rings is 2. The van der Waals surface area contributed by atoms with Crippen LogP contribution in [0, 0.1) is 6.92 Å². The maximum Gasteiger partial charge on any atom is 0.248 e. The van der Waals surface area contributed by atoms with E-state index in [4.69, 9.17) is 0 Å². The first kappa shape index (κ1) is 19.1. The maximum absolute atomic E-state index is 12.6. The van der Waals surface area contributed by atoms with Gasteiger partial charge in [-0.05, 0) is 61.2 Å². The zero-order chi connectivity index (χ0) is 19.4. The molecule has 0 atom stereocenters. The van der Waals surface area contributed by atoms with Crippen LogP contribution in [-0.4, -0.2) is 33.0 Å². The number of nitrogens with zero attached hydrogens (tertiary/aromatic N) is 1. The Kier molecular flexibility index (Phi) is 5.62. The number of pyridine rings is 1. The number of H-pyrrole nitrogens is 1. The van der Waals surface area contributed by atoms with Crippen molar-refractivity contribution in [3.63, 3.8) is 0 Å². The smallest absolute Gasteiger partial charge is 0.248 e. The van der Waals surface area contributed by atoms with Gasteiger partial charge in [-0.15, -0.1) is 0 Å². The van der Waals surface area contributed by atoms with E-state index in [0.717, 1.165) is 12.2 Å². The molecule has 0 fully saturated rings. The predicted molar refractivity (Wildman–Crippen MR) is 109 cm³/mol. The number of fused-ring (bicyclic) bond motifs is 1. The van der Waals surface area contributed by atoms with Crippen LogP contribution in [0.25, 0.3) is 10.9 Å². The highest BCUT2D eigenvalue weighted by atomic mass is 32.2. The van der Waals surface area contributed by atoms with Gasteiger partial charge in [-0.3, -0.25) is 4.79 Å². The topological polar surface area (TPSA) is 82.3 Å². The summed E-state index contributed by atoms with van der Waals surface area (Å²) >= 11 is 0. The molecule has 142 valence electrons. The molecule has 0 aliphatic heterocycles. The number of hydrogen-bond donors (Lipinski definition) is 2. The van der Waals surface area contributed by atoms with Crippen LogP contribution >= 0.6 is 0 Å². The monoisotopic (exact) mass is 385 g/mol. The number of sulfonamides is 1. The third-order valence-corrected chi connectivity index (χ3v) is 5.89. The molecule has 1 heterocycles. The van der Waals surface area contributed by atoms with Gasteiger partial charge in [0.05, 0.1) is 4.90 Å². The van der Waals surface area contributed by atoms with E-state index in [1.54, 1.807) is 18.2 Å². The summed E-state index contributed by atoms with van der Waals surface area (Å²) in [5, 5.41) is 0.674. The highest BCUT2D eigenvalue weighted by Crippen LogP contribution is 2.17. The van der Waals surface area contributed by atoms with Gasteiger partial charge in [0.1, 0.15) is 0 Å². The van der Waals surface area contributed by atoms with Crippen molar-refractivity contribution in [3.05, 3.63) is 70.5 Å². The van der Waals surface area contributed by atoms with Crippen LogP contribution in [0.5, 0.6) is 0 Å². The van der Waals surface area contributed by atoms with Gasteiger partial charge in [0, 0.05) is 36.9 Å². The van der Waals surface area contributed by atoms with Crippen molar-refractivity contribution in [2.75, 3.05) is 24.5 Å². The molecule has 7 heteroatoms. The van der Waals surface area contributed by atoms with Crippen molar-refractivity contribution in [1.29, 1.82) is 0 Å². The molecule has 0 bridgehead atoms. The van der Waals surface area contributed by atoms with Crippen molar-refractivity contribution in [3.8, 4) is 0 Å². The van der Waals surface area contributed by atoms with E-state index >= 15 is 0 Å². The maximum atomic E-state index is 12.6. The van der Waals surface area contributed by atoms with Gasteiger partial charge >= 0.3 is 0 Å². The first-order valence-electron chi connectivity index (χ1n) is 8.83. The molecule has 0 aliphatic rings. The standard InChI is InChI=1S/C20H23N3O3S/c1-3-23(17-6-4-5-15(2)13-17)12-11-21-27(25,26)18-8-9-19-16(14-18)7-10-20(24)22-19/h4-10,13-14,21H,3,11-12H2,1-2H3,(H,22,24).